The third-order valence-electron chi connectivity index (χ3n) is 2.40. The van der Waals surface area contributed by atoms with Gasteiger partial charge in [0.2, 0.25) is 0 Å². The van der Waals surface area contributed by atoms with E-state index < -0.39 is 10.0 Å². The smallest absolute Gasteiger partial charge is 0.305 e. The van der Waals surface area contributed by atoms with Crippen molar-refractivity contribution >= 4 is 37.3 Å². The van der Waals surface area contributed by atoms with Crippen molar-refractivity contribution in [2.24, 2.45) is 0 Å². The molecule has 0 aliphatic heterocycles. The van der Waals surface area contributed by atoms with Gasteiger partial charge in [-0.2, -0.15) is 0 Å². The van der Waals surface area contributed by atoms with Crippen LogP contribution in [-0.4, -0.2) is 13.4 Å². The zero-order valence-corrected chi connectivity index (χ0v) is 13.2. The van der Waals surface area contributed by atoms with Crippen LogP contribution < -0.4 is 9.60 Å². The lowest BCUT2D eigenvalue weighted by atomic mass is 10.2. The monoisotopic (exact) mass is 362 g/mol. The summed E-state index contributed by atoms with van der Waals surface area (Å²) in [7, 11) is -3.65. The Kier molecular flexibility index (Phi) is 4.24. The van der Waals surface area contributed by atoms with Gasteiger partial charge in [0, 0.05) is 16.7 Å². The molecule has 1 aromatic carbocycles. The van der Waals surface area contributed by atoms with Crippen molar-refractivity contribution in [3.8, 4) is 0 Å². The van der Waals surface area contributed by atoms with E-state index in [0.29, 0.717) is 17.0 Å². The molecule has 0 fully saturated rings. The molecule has 0 aliphatic rings. The summed E-state index contributed by atoms with van der Waals surface area (Å²) in [5.41, 5.74) is 1.20. The molecule has 2 N–H and O–H groups in total. The van der Waals surface area contributed by atoms with E-state index in [9.17, 15) is 13.2 Å². The topological polar surface area (TPSA) is 79.0 Å². The van der Waals surface area contributed by atoms with Crippen LogP contribution in [0.4, 0.5) is 0 Å². The lowest BCUT2D eigenvalue weighted by Crippen LogP contribution is -2.23. The first kappa shape index (κ1) is 14.4. The van der Waals surface area contributed by atoms with Crippen molar-refractivity contribution in [1.82, 2.24) is 9.71 Å². The quantitative estimate of drug-likeness (QED) is 0.872. The number of sulfonamides is 1. The van der Waals surface area contributed by atoms with E-state index >= 15 is 0 Å². The molecule has 0 unspecified atom stereocenters. The van der Waals surface area contributed by atoms with Crippen LogP contribution in [0.25, 0.3) is 0 Å². The predicted octanol–water partition coefficient (Wildman–Crippen LogP) is 1.99. The zero-order valence-electron chi connectivity index (χ0n) is 9.94. The second-order valence-corrected chi connectivity index (χ2v) is 7.74. The molecule has 0 atom stereocenters. The third kappa shape index (κ3) is 3.53. The molecule has 2 aromatic rings. The van der Waals surface area contributed by atoms with E-state index in [2.05, 4.69) is 25.6 Å². The fraction of sp³-hybridized carbons (Fsp3) is 0.182. The molecule has 2 rings (SSSR count). The minimum atomic E-state index is -3.65. The summed E-state index contributed by atoms with van der Waals surface area (Å²) in [5, 5.41) is 0. The predicted molar refractivity (Wildman–Crippen MR) is 77.8 cm³/mol. The van der Waals surface area contributed by atoms with Crippen molar-refractivity contribution < 1.29 is 8.42 Å². The van der Waals surface area contributed by atoms with Gasteiger partial charge in [-0.25, -0.2) is 13.1 Å². The number of aryl methyl sites for hydroxylation is 1. The van der Waals surface area contributed by atoms with Gasteiger partial charge >= 0.3 is 4.87 Å². The molecule has 0 radical (unpaired) electrons. The van der Waals surface area contributed by atoms with Crippen LogP contribution in [0.3, 0.4) is 0 Å². The standard InChI is InChI=1S/C11H11BrN2O3S2/c1-7-10(18-11(15)14-7)19(16,17)13-6-8-2-4-9(12)5-3-8/h2-5,13H,6H2,1H3,(H,14,15). The van der Waals surface area contributed by atoms with Gasteiger partial charge in [-0.1, -0.05) is 39.4 Å². The number of hydrogen-bond donors (Lipinski definition) is 2. The second-order valence-electron chi connectivity index (χ2n) is 3.88. The van der Waals surface area contributed by atoms with E-state index in [-0.39, 0.29) is 15.6 Å². The molecular formula is C11H11BrN2O3S2. The zero-order chi connectivity index (χ0) is 14.0. The molecule has 0 aliphatic carbocycles. The highest BCUT2D eigenvalue weighted by Crippen LogP contribution is 2.16. The summed E-state index contributed by atoms with van der Waals surface area (Å²) in [6, 6.07) is 7.31. The summed E-state index contributed by atoms with van der Waals surface area (Å²) in [6.45, 7) is 1.74. The van der Waals surface area contributed by atoms with E-state index in [1.54, 1.807) is 6.92 Å². The summed E-state index contributed by atoms with van der Waals surface area (Å²) in [6.07, 6.45) is 0. The molecule has 0 saturated carbocycles. The maximum absolute atomic E-state index is 12.0. The van der Waals surface area contributed by atoms with E-state index in [4.69, 9.17) is 0 Å². The van der Waals surface area contributed by atoms with Crippen LogP contribution in [0, 0.1) is 6.92 Å². The largest absolute Gasteiger partial charge is 0.315 e. The fourth-order valence-electron chi connectivity index (χ4n) is 1.49. The van der Waals surface area contributed by atoms with Crippen LogP contribution in [0.1, 0.15) is 11.3 Å². The van der Waals surface area contributed by atoms with Crippen LogP contribution >= 0.6 is 27.3 Å². The van der Waals surface area contributed by atoms with Gasteiger partial charge in [-0.05, 0) is 24.6 Å². The molecule has 0 saturated heterocycles. The Hall–Kier alpha value is -0.960. The second kappa shape index (κ2) is 5.58. The highest BCUT2D eigenvalue weighted by atomic mass is 79.9. The summed E-state index contributed by atoms with van der Waals surface area (Å²) >= 11 is 4.00. The minimum absolute atomic E-state index is 0.0367. The van der Waals surface area contributed by atoms with Gasteiger partial charge in [0.1, 0.15) is 0 Å². The lowest BCUT2D eigenvalue weighted by Gasteiger charge is -2.05. The first-order chi connectivity index (χ1) is 8.88. The molecule has 8 heteroatoms. The first-order valence-corrected chi connectivity index (χ1v) is 8.41. The Labute approximate surface area is 122 Å². The number of thiazole rings is 1. The van der Waals surface area contributed by atoms with E-state index in [1.165, 1.54) is 0 Å². The molecule has 0 spiro atoms. The number of halogens is 1. The van der Waals surface area contributed by atoms with Gasteiger partial charge in [0.05, 0.1) is 0 Å². The van der Waals surface area contributed by atoms with Gasteiger partial charge in [-0.15, -0.1) is 0 Å². The number of aromatic nitrogens is 1. The number of hydrogen-bond acceptors (Lipinski definition) is 4. The number of benzene rings is 1. The van der Waals surface area contributed by atoms with Crippen molar-refractivity contribution in [3.05, 3.63) is 49.7 Å². The van der Waals surface area contributed by atoms with Gasteiger partial charge in [-0.3, -0.25) is 4.79 Å². The maximum atomic E-state index is 12.0. The molecule has 102 valence electrons. The average Bonchev–Trinajstić information content (AvgIpc) is 2.69. The van der Waals surface area contributed by atoms with Gasteiger partial charge < -0.3 is 4.98 Å². The molecule has 19 heavy (non-hydrogen) atoms. The highest BCUT2D eigenvalue weighted by Gasteiger charge is 2.19. The molecule has 1 aromatic heterocycles. The Bertz CT molecular complexity index is 732. The Morgan fingerprint density at radius 3 is 2.47 bits per heavy atom. The number of H-pyrrole nitrogens is 1. The molecule has 1 heterocycles. The number of aromatic amines is 1. The van der Waals surface area contributed by atoms with Crippen LogP contribution in [-0.2, 0) is 16.6 Å². The van der Waals surface area contributed by atoms with Crippen LogP contribution in [0.2, 0.25) is 0 Å². The van der Waals surface area contributed by atoms with E-state index in [0.717, 1.165) is 10.0 Å². The lowest BCUT2D eigenvalue weighted by molar-refractivity contribution is 0.582. The summed E-state index contributed by atoms with van der Waals surface area (Å²) in [4.78, 5) is 13.2. The molecule has 0 amide bonds. The van der Waals surface area contributed by atoms with E-state index in [1.807, 2.05) is 24.3 Å². The first-order valence-electron chi connectivity index (χ1n) is 5.32. The van der Waals surface area contributed by atoms with Crippen molar-refractivity contribution in [1.29, 1.82) is 0 Å². The van der Waals surface area contributed by atoms with Crippen molar-refractivity contribution in [2.75, 3.05) is 0 Å². The maximum Gasteiger partial charge on any atom is 0.305 e. The number of nitrogens with one attached hydrogen (secondary N) is 2. The molecule has 5 nitrogen and oxygen atoms in total. The number of rotatable bonds is 4. The summed E-state index contributed by atoms with van der Waals surface area (Å²) < 4.78 is 27.5. The average molecular weight is 363 g/mol. The van der Waals surface area contributed by atoms with Crippen LogP contribution in [0.15, 0.2) is 37.7 Å². The fourth-order valence-corrected chi connectivity index (χ4v) is 4.12. The van der Waals surface area contributed by atoms with Crippen molar-refractivity contribution in [2.45, 2.75) is 17.7 Å². The third-order valence-corrected chi connectivity index (χ3v) is 5.94. The molecular weight excluding hydrogens is 352 g/mol. The normalized spacial score (nSPS) is 11.7. The Morgan fingerprint density at radius 1 is 1.32 bits per heavy atom. The van der Waals surface area contributed by atoms with Gasteiger partial charge in [0.15, 0.2) is 4.21 Å². The highest BCUT2D eigenvalue weighted by molar-refractivity contribution is 9.10. The summed E-state index contributed by atoms with van der Waals surface area (Å²) in [5.74, 6) is 0. The van der Waals surface area contributed by atoms with Crippen molar-refractivity contribution in [3.63, 3.8) is 0 Å². The SMILES string of the molecule is Cc1[nH]c(=O)sc1S(=O)(=O)NCc1ccc(Br)cc1. The molecule has 0 bridgehead atoms. The minimum Gasteiger partial charge on any atom is -0.315 e. The van der Waals surface area contributed by atoms with Crippen LogP contribution in [0.5, 0.6) is 0 Å². The Morgan fingerprint density at radius 2 is 1.95 bits per heavy atom. The Balaban J connectivity index is 2.16. The van der Waals surface area contributed by atoms with Gasteiger partial charge in [0.25, 0.3) is 10.0 Å².